The molecule has 3 heteroatoms. The summed E-state index contributed by atoms with van der Waals surface area (Å²) in [5, 5.41) is 0. The van der Waals surface area contributed by atoms with E-state index in [9.17, 15) is 4.79 Å². The van der Waals surface area contributed by atoms with Gasteiger partial charge in [0.2, 0.25) is 5.91 Å². The van der Waals surface area contributed by atoms with Crippen molar-refractivity contribution in [3.05, 3.63) is 0 Å². The van der Waals surface area contributed by atoms with Crippen molar-refractivity contribution in [2.75, 3.05) is 13.6 Å². The maximum atomic E-state index is 11.2. The summed E-state index contributed by atoms with van der Waals surface area (Å²) in [6.45, 7) is 5.39. The molecular formula is C11H22N2O. The second-order valence-corrected chi connectivity index (χ2v) is 4.45. The molecule has 1 aliphatic rings. The minimum absolute atomic E-state index is 0.0890. The molecule has 2 N–H and O–H groups in total. The van der Waals surface area contributed by atoms with Crippen molar-refractivity contribution >= 4 is 5.91 Å². The van der Waals surface area contributed by atoms with E-state index in [0.717, 1.165) is 32.2 Å². The largest absolute Gasteiger partial charge is 0.369 e. The molecule has 1 amide bonds. The Bertz CT molecular complexity index is 211. The average Bonchev–Trinajstić information content (AvgIpc) is 2.19. The minimum atomic E-state index is -0.121. The predicted octanol–water partition coefficient (Wildman–Crippen LogP) is 1.37. The van der Waals surface area contributed by atoms with Crippen LogP contribution in [0.4, 0.5) is 0 Å². The van der Waals surface area contributed by atoms with Crippen LogP contribution in [0.5, 0.6) is 0 Å². The van der Waals surface area contributed by atoms with Gasteiger partial charge in [0.1, 0.15) is 0 Å². The van der Waals surface area contributed by atoms with E-state index in [2.05, 4.69) is 25.8 Å². The number of hydrogen-bond acceptors (Lipinski definition) is 2. The highest BCUT2D eigenvalue weighted by molar-refractivity contribution is 5.76. The Kier molecular flexibility index (Phi) is 3.53. The normalized spacial score (nSPS) is 27.5. The highest BCUT2D eigenvalue weighted by Crippen LogP contribution is 2.35. The number of rotatable bonds is 3. The lowest BCUT2D eigenvalue weighted by molar-refractivity contribution is -0.125. The van der Waals surface area contributed by atoms with Crippen LogP contribution in [0.3, 0.4) is 0 Å². The third kappa shape index (κ3) is 1.92. The summed E-state index contributed by atoms with van der Waals surface area (Å²) in [5.74, 6) is -0.0320. The van der Waals surface area contributed by atoms with E-state index in [1.165, 1.54) is 0 Å². The monoisotopic (exact) mass is 198 g/mol. The summed E-state index contributed by atoms with van der Waals surface area (Å²) in [6, 6.07) is 0. The van der Waals surface area contributed by atoms with Crippen molar-refractivity contribution in [1.29, 1.82) is 0 Å². The van der Waals surface area contributed by atoms with Crippen LogP contribution in [0.2, 0.25) is 0 Å². The van der Waals surface area contributed by atoms with Gasteiger partial charge in [-0.15, -0.1) is 0 Å². The summed E-state index contributed by atoms with van der Waals surface area (Å²) >= 11 is 0. The summed E-state index contributed by atoms with van der Waals surface area (Å²) in [7, 11) is 2.16. The number of hydrogen-bond donors (Lipinski definition) is 1. The Morgan fingerprint density at radius 1 is 1.50 bits per heavy atom. The zero-order valence-electron chi connectivity index (χ0n) is 9.55. The summed E-state index contributed by atoms with van der Waals surface area (Å²) < 4.78 is 0. The van der Waals surface area contributed by atoms with E-state index in [1.54, 1.807) is 0 Å². The van der Waals surface area contributed by atoms with Crippen LogP contribution in [-0.2, 0) is 4.79 Å². The third-order valence-electron chi connectivity index (χ3n) is 3.97. The Balaban J connectivity index is 2.76. The van der Waals surface area contributed by atoms with Crippen molar-refractivity contribution < 1.29 is 4.79 Å². The van der Waals surface area contributed by atoms with Crippen LogP contribution in [0, 0.1) is 5.92 Å². The fourth-order valence-electron chi connectivity index (χ4n) is 2.62. The summed E-state index contributed by atoms with van der Waals surface area (Å²) in [5.41, 5.74) is 5.59. The number of nitrogens with two attached hydrogens (primary N) is 1. The minimum Gasteiger partial charge on any atom is -0.369 e. The zero-order chi connectivity index (χ0) is 10.8. The Morgan fingerprint density at radius 2 is 2.07 bits per heavy atom. The molecule has 0 aromatic rings. The highest BCUT2D eigenvalue weighted by atomic mass is 16.1. The molecule has 0 spiro atoms. The molecule has 0 aromatic heterocycles. The van der Waals surface area contributed by atoms with Crippen LogP contribution in [0.15, 0.2) is 0 Å². The molecule has 1 heterocycles. The average molecular weight is 198 g/mol. The molecule has 1 rings (SSSR count). The van der Waals surface area contributed by atoms with Gasteiger partial charge in [-0.05, 0) is 39.3 Å². The first-order chi connectivity index (χ1) is 6.55. The van der Waals surface area contributed by atoms with Gasteiger partial charge in [0, 0.05) is 11.5 Å². The van der Waals surface area contributed by atoms with Crippen LogP contribution < -0.4 is 5.73 Å². The van der Waals surface area contributed by atoms with Crippen molar-refractivity contribution in [1.82, 2.24) is 4.90 Å². The van der Waals surface area contributed by atoms with Gasteiger partial charge >= 0.3 is 0 Å². The van der Waals surface area contributed by atoms with E-state index in [-0.39, 0.29) is 17.4 Å². The van der Waals surface area contributed by atoms with E-state index in [0.29, 0.717) is 0 Å². The maximum absolute atomic E-state index is 11.2. The second kappa shape index (κ2) is 4.30. The zero-order valence-corrected chi connectivity index (χ0v) is 9.55. The highest BCUT2D eigenvalue weighted by Gasteiger charge is 2.39. The molecule has 0 radical (unpaired) electrons. The van der Waals surface area contributed by atoms with Gasteiger partial charge in [0.05, 0.1) is 0 Å². The first kappa shape index (κ1) is 11.5. The molecule has 1 fully saturated rings. The first-order valence-corrected chi connectivity index (χ1v) is 5.56. The van der Waals surface area contributed by atoms with Crippen molar-refractivity contribution in [3.8, 4) is 0 Å². The van der Waals surface area contributed by atoms with Gasteiger partial charge in [-0.1, -0.05) is 13.8 Å². The van der Waals surface area contributed by atoms with Gasteiger partial charge < -0.3 is 10.6 Å². The lowest BCUT2D eigenvalue weighted by Crippen LogP contribution is -2.53. The SMILES string of the molecule is CCC1(CC)CC(C(N)=O)CCN1C. The fraction of sp³-hybridized carbons (Fsp3) is 0.909. The number of primary amides is 1. The molecule has 1 saturated heterocycles. The summed E-state index contributed by atoms with van der Waals surface area (Å²) in [4.78, 5) is 13.6. The van der Waals surface area contributed by atoms with Gasteiger partial charge in [-0.3, -0.25) is 4.79 Å². The van der Waals surface area contributed by atoms with Gasteiger partial charge in [-0.25, -0.2) is 0 Å². The van der Waals surface area contributed by atoms with Gasteiger partial charge in [0.15, 0.2) is 0 Å². The van der Waals surface area contributed by atoms with E-state index < -0.39 is 0 Å². The summed E-state index contributed by atoms with van der Waals surface area (Å²) in [6.07, 6.45) is 4.06. The van der Waals surface area contributed by atoms with Gasteiger partial charge in [-0.2, -0.15) is 0 Å². The van der Waals surface area contributed by atoms with E-state index >= 15 is 0 Å². The standard InChI is InChI=1S/C11H22N2O/c1-4-11(5-2)8-9(10(12)14)6-7-13(11)3/h9H,4-8H2,1-3H3,(H2,12,14). The number of nitrogens with zero attached hydrogens (tertiary/aromatic N) is 1. The van der Waals surface area contributed by atoms with Crippen molar-refractivity contribution in [2.45, 2.75) is 45.1 Å². The molecule has 0 saturated carbocycles. The third-order valence-corrected chi connectivity index (χ3v) is 3.97. The lowest BCUT2D eigenvalue weighted by Gasteiger charge is -2.47. The quantitative estimate of drug-likeness (QED) is 0.744. The molecule has 14 heavy (non-hydrogen) atoms. The smallest absolute Gasteiger partial charge is 0.220 e. The molecular weight excluding hydrogens is 176 g/mol. The lowest BCUT2D eigenvalue weighted by atomic mass is 9.77. The number of piperidine rings is 1. The molecule has 0 aromatic carbocycles. The van der Waals surface area contributed by atoms with Crippen LogP contribution in [0.25, 0.3) is 0 Å². The second-order valence-electron chi connectivity index (χ2n) is 4.45. The molecule has 1 aliphatic heterocycles. The first-order valence-electron chi connectivity index (χ1n) is 5.56. The van der Waals surface area contributed by atoms with E-state index in [1.807, 2.05) is 0 Å². The molecule has 0 bridgehead atoms. The van der Waals surface area contributed by atoms with E-state index in [4.69, 9.17) is 5.73 Å². The molecule has 3 nitrogen and oxygen atoms in total. The van der Waals surface area contributed by atoms with Gasteiger partial charge in [0.25, 0.3) is 0 Å². The number of carbonyl (C=O) groups is 1. The molecule has 1 atom stereocenters. The number of carbonyl (C=O) groups excluding carboxylic acids is 1. The Hall–Kier alpha value is -0.570. The van der Waals surface area contributed by atoms with Crippen molar-refractivity contribution in [2.24, 2.45) is 11.7 Å². The molecule has 0 aliphatic carbocycles. The number of amides is 1. The van der Waals surface area contributed by atoms with Crippen LogP contribution in [-0.4, -0.2) is 29.9 Å². The number of likely N-dealkylation sites (tertiary alicyclic amines) is 1. The Labute approximate surface area is 86.6 Å². The maximum Gasteiger partial charge on any atom is 0.220 e. The fourth-order valence-corrected chi connectivity index (χ4v) is 2.62. The molecule has 82 valence electrons. The molecule has 1 unspecified atom stereocenters. The predicted molar refractivity (Wildman–Crippen MR) is 57.9 cm³/mol. The topological polar surface area (TPSA) is 46.3 Å². The Morgan fingerprint density at radius 3 is 2.50 bits per heavy atom. The van der Waals surface area contributed by atoms with Crippen LogP contribution in [0.1, 0.15) is 39.5 Å². The van der Waals surface area contributed by atoms with Crippen molar-refractivity contribution in [3.63, 3.8) is 0 Å². The van der Waals surface area contributed by atoms with Crippen LogP contribution >= 0.6 is 0 Å².